The van der Waals surface area contributed by atoms with Gasteiger partial charge >= 0.3 is 6.18 Å². The topological polar surface area (TPSA) is 42.9 Å². The summed E-state index contributed by atoms with van der Waals surface area (Å²) in [7, 11) is 0. The zero-order valence-electron chi connectivity index (χ0n) is 8.22. The van der Waals surface area contributed by atoms with Gasteiger partial charge in [0.25, 0.3) is 0 Å². The molecule has 1 aromatic rings. The fraction of sp³-hybridized carbons (Fsp3) is 0.444. The normalized spacial score (nSPS) is 11.5. The second-order valence-corrected chi connectivity index (χ2v) is 3.24. The molecule has 0 aromatic carbocycles. The molecule has 0 unspecified atom stereocenters. The lowest BCUT2D eigenvalue weighted by Gasteiger charge is -2.07. The van der Waals surface area contributed by atoms with E-state index in [-0.39, 0.29) is 17.9 Å². The number of hydrogen-bond donors (Lipinski definition) is 0. The van der Waals surface area contributed by atoms with Crippen LogP contribution in [0.25, 0.3) is 0 Å². The highest BCUT2D eigenvalue weighted by atomic mass is 19.4. The van der Waals surface area contributed by atoms with E-state index in [1.54, 1.807) is 0 Å². The molecule has 3 nitrogen and oxygen atoms in total. The van der Waals surface area contributed by atoms with Crippen molar-refractivity contribution in [3.8, 4) is 0 Å². The smallest absolute Gasteiger partial charge is 0.300 e. The summed E-state index contributed by atoms with van der Waals surface area (Å²) in [6.07, 6.45) is -4.48. The van der Waals surface area contributed by atoms with Crippen molar-refractivity contribution >= 4 is 5.78 Å². The second kappa shape index (κ2) is 3.96. The van der Waals surface area contributed by atoms with Crippen molar-refractivity contribution in [3.63, 3.8) is 0 Å². The first-order valence-corrected chi connectivity index (χ1v) is 4.20. The number of Topliss-reactive ketones (excluding diaryl/α,β-unsaturated/α-hetero) is 1. The zero-order valence-corrected chi connectivity index (χ0v) is 8.22. The lowest BCUT2D eigenvalue weighted by Crippen LogP contribution is -2.12. The van der Waals surface area contributed by atoms with Crippen molar-refractivity contribution in [2.24, 2.45) is 0 Å². The maximum Gasteiger partial charge on any atom is 0.435 e. The Kier molecular flexibility index (Phi) is 3.06. The van der Waals surface area contributed by atoms with Gasteiger partial charge in [0.2, 0.25) is 0 Å². The Hall–Kier alpha value is -1.46. The molecule has 0 aliphatic rings. The number of carbonyl (C=O) groups excluding carboxylic acids is 1. The molecule has 1 aromatic heterocycles. The van der Waals surface area contributed by atoms with Gasteiger partial charge in [0, 0.05) is 0 Å². The quantitative estimate of drug-likeness (QED) is 0.761. The zero-order chi connectivity index (χ0) is 11.6. The van der Waals surface area contributed by atoms with Gasteiger partial charge in [-0.2, -0.15) is 18.3 Å². The highest BCUT2D eigenvalue weighted by molar-refractivity contribution is 5.77. The summed E-state index contributed by atoms with van der Waals surface area (Å²) in [6, 6.07) is 0.894. The predicted octanol–water partition coefficient (Wildman–Crippen LogP) is 1.94. The Bertz CT molecular complexity index is 387. The van der Waals surface area contributed by atoms with Crippen LogP contribution < -0.4 is 0 Å². The van der Waals surface area contributed by atoms with Crippen molar-refractivity contribution in [3.05, 3.63) is 23.0 Å². The molecule has 0 bridgehead atoms. The first kappa shape index (κ1) is 11.6. The monoisotopic (exact) mass is 218 g/mol. The summed E-state index contributed by atoms with van der Waals surface area (Å²) < 4.78 is 36.6. The molecule has 1 rings (SSSR count). The van der Waals surface area contributed by atoms with Crippen LogP contribution in [0.1, 0.15) is 23.9 Å². The molecule has 0 aliphatic heterocycles. The second-order valence-electron chi connectivity index (χ2n) is 3.24. The number of alkyl halides is 3. The molecule has 0 fully saturated rings. The summed E-state index contributed by atoms with van der Waals surface area (Å²) in [4.78, 5) is 10.8. The van der Waals surface area contributed by atoms with Gasteiger partial charge in [-0.25, -0.2) is 0 Å². The average Bonchev–Trinajstić information content (AvgIpc) is 2.05. The first-order valence-electron chi connectivity index (χ1n) is 4.20. The van der Waals surface area contributed by atoms with Gasteiger partial charge in [0.1, 0.15) is 5.78 Å². The van der Waals surface area contributed by atoms with E-state index in [0.717, 1.165) is 6.07 Å². The Morgan fingerprint density at radius 3 is 2.40 bits per heavy atom. The van der Waals surface area contributed by atoms with Crippen LogP contribution in [0.3, 0.4) is 0 Å². The number of carbonyl (C=O) groups is 1. The molecule has 0 atom stereocenters. The first-order chi connectivity index (χ1) is 6.80. The van der Waals surface area contributed by atoms with Gasteiger partial charge in [0.05, 0.1) is 12.1 Å². The summed E-state index contributed by atoms with van der Waals surface area (Å²) >= 11 is 0. The van der Waals surface area contributed by atoms with Crippen molar-refractivity contribution in [1.29, 1.82) is 0 Å². The fourth-order valence-corrected chi connectivity index (χ4v) is 1.06. The Balaban J connectivity index is 3.03. The largest absolute Gasteiger partial charge is 0.435 e. The van der Waals surface area contributed by atoms with E-state index < -0.39 is 11.9 Å². The molecule has 0 saturated heterocycles. The van der Waals surface area contributed by atoms with Crippen molar-refractivity contribution in [2.45, 2.75) is 26.4 Å². The standard InChI is InChI=1S/C9H9F3N2O/c1-5-3-8(9(10,11)12)14-13-7(5)4-6(2)15/h3H,4H2,1-2H3. The number of rotatable bonds is 2. The molecule has 0 amide bonds. The van der Waals surface area contributed by atoms with Crippen LogP contribution in [0.15, 0.2) is 6.07 Å². The lowest BCUT2D eigenvalue weighted by molar-refractivity contribution is -0.141. The minimum atomic E-state index is -4.49. The number of aryl methyl sites for hydroxylation is 1. The molecule has 0 aliphatic carbocycles. The number of ketones is 1. The minimum absolute atomic E-state index is 0.0109. The molecular formula is C9H9F3N2O. The third-order valence-electron chi connectivity index (χ3n) is 1.79. The molecule has 0 saturated carbocycles. The van der Waals surface area contributed by atoms with Crippen molar-refractivity contribution in [1.82, 2.24) is 10.2 Å². The Labute approximate surface area is 84.3 Å². The van der Waals surface area contributed by atoms with Crippen LogP contribution in [0.4, 0.5) is 13.2 Å². The highest BCUT2D eigenvalue weighted by Crippen LogP contribution is 2.27. The number of hydrogen-bond acceptors (Lipinski definition) is 3. The van der Waals surface area contributed by atoms with Gasteiger partial charge in [-0.3, -0.25) is 4.79 Å². The van der Waals surface area contributed by atoms with E-state index >= 15 is 0 Å². The SMILES string of the molecule is CC(=O)Cc1nnc(C(F)(F)F)cc1C. The van der Waals surface area contributed by atoms with E-state index in [1.807, 2.05) is 0 Å². The highest BCUT2D eigenvalue weighted by Gasteiger charge is 2.33. The molecule has 15 heavy (non-hydrogen) atoms. The molecule has 6 heteroatoms. The number of nitrogens with zero attached hydrogens (tertiary/aromatic N) is 2. The van der Waals surface area contributed by atoms with Crippen LogP contribution in [0.5, 0.6) is 0 Å². The van der Waals surface area contributed by atoms with E-state index in [4.69, 9.17) is 0 Å². The molecule has 0 radical (unpaired) electrons. The summed E-state index contributed by atoms with van der Waals surface area (Å²) in [5.74, 6) is -0.160. The minimum Gasteiger partial charge on any atom is -0.300 e. The third-order valence-corrected chi connectivity index (χ3v) is 1.79. The van der Waals surface area contributed by atoms with Gasteiger partial charge in [-0.1, -0.05) is 0 Å². The Morgan fingerprint density at radius 2 is 2.00 bits per heavy atom. The van der Waals surface area contributed by atoms with Crippen LogP contribution in [-0.4, -0.2) is 16.0 Å². The molecule has 82 valence electrons. The van der Waals surface area contributed by atoms with E-state index in [9.17, 15) is 18.0 Å². The average molecular weight is 218 g/mol. The van der Waals surface area contributed by atoms with Crippen molar-refractivity contribution < 1.29 is 18.0 Å². The number of halogens is 3. The summed E-state index contributed by atoms with van der Waals surface area (Å²) in [5, 5.41) is 6.43. The molecule has 1 heterocycles. The van der Waals surface area contributed by atoms with Crippen molar-refractivity contribution in [2.75, 3.05) is 0 Å². The van der Waals surface area contributed by atoms with Crippen LogP contribution in [0.2, 0.25) is 0 Å². The summed E-state index contributed by atoms with van der Waals surface area (Å²) in [6.45, 7) is 2.82. The molecular weight excluding hydrogens is 209 g/mol. The molecule has 0 N–H and O–H groups in total. The van der Waals surface area contributed by atoms with E-state index in [1.165, 1.54) is 13.8 Å². The van der Waals surface area contributed by atoms with Gasteiger partial charge < -0.3 is 0 Å². The predicted molar refractivity (Wildman–Crippen MR) is 46.2 cm³/mol. The maximum absolute atomic E-state index is 12.2. The van der Waals surface area contributed by atoms with Crippen LogP contribution in [-0.2, 0) is 17.4 Å². The fourth-order valence-electron chi connectivity index (χ4n) is 1.06. The van der Waals surface area contributed by atoms with Crippen LogP contribution in [0, 0.1) is 6.92 Å². The van der Waals surface area contributed by atoms with E-state index in [2.05, 4.69) is 10.2 Å². The maximum atomic E-state index is 12.2. The van der Waals surface area contributed by atoms with Crippen LogP contribution >= 0.6 is 0 Å². The third kappa shape index (κ3) is 3.00. The van der Waals surface area contributed by atoms with Gasteiger partial charge in [0.15, 0.2) is 5.69 Å². The van der Waals surface area contributed by atoms with Gasteiger partial charge in [-0.15, -0.1) is 5.10 Å². The van der Waals surface area contributed by atoms with E-state index in [0.29, 0.717) is 5.56 Å². The Morgan fingerprint density at radius 1 is 1.40 bits per heavy atom. The number of aromatic nitrogens is 2. The molecule has 0 spiro atoms. The van der Waals surface area contributed by atoms with Gasteiger partial charge in [-0.05, 0) is 25.5 Å². The lowest BCUT2D eigenvalue weighted by atomic mass is 10.1. The summed E-state index contributed by atoms with van der Waals surface area (Å²) in [5.41, 5.74) is -0.421.